The van der Waals surface area contributed by atoms with Crippen LogP contribution in [0.4, 0.5) is 0 Å². The number of hydrogen-bond donors (Lipinski definition) is 3. The third-order valence-corrected chi connectivity index (χ3v) is 2.16. The van der Waals surface area contributed by atoms with Crippen LogP contribution in [0.2, 0.25) is 0 Å². The molecule has 1 unspecified atom stereocenters. The van der Waals surface area contributed by atoms with Gasteiger partial charge in [0, 0.05) is 13.2 Å². The quantitative estimate of drug-likeness (QED) is 0.258. The highest BCUT2D eigenvalue weighted by molar-refractivity contribution is 5.79. The fourth-order valence-corrected chi connectivity index (χ4v) is 1.38. The SMILES string of the molecule is CCCNC(=NCC1CCCO1)NN. The molecule has 0 radical (unpaired) electrons. The van der Waals surface area contributed by atoms with Crippen molar-refractivity contribution < 1.29 is 4.74 Å². The van der Waals surface area contributed by atoms with E-state index >= 15 is 0 Å². The molecular weight excluding hydrogens is 180 g/mol. The summed E-state index contributed by atoms with van der Waals surface area (Å²) in [6.45, 7) is 4.54. The monoisotopic (exact) mass is 200 g/mol. The standard InChI is InChI=1S/C9H20N4O/c1-2-5-11-9(13-10)12-7-8-4-3-6-14-8/h8H,2-7,10H2,1H3,(H2,11,12,13). The first-order valence-corrected chi connectivity index (χ1v) is 5.23. The topological polar surface area (TPSA) is 71.7 Å². The van der Waals surface area contributed by atoms with Gasteiger partial charge in [0.05, 0.1) is 12.6 Å². The summed E-state index contributed by atoms with van der Waals surface area (Å²) in [7, 11) is 0. The second kappa shape index (κ2) is 6.62. The molecule has 1 aliphatic rings. The van der Waals surface area contributed by atoms with Gasteiger partial charge in [-0.3, -0.25) is 5.43 Å². The van der Waals surface area contributed by atoms with Crippen LogP contribution in [0, 0.1) is 0 Å². The summed E-state index contributed by atoms with van der Waals surface area (Å²) in [6, 6.07) is 0. The molecule has 1 heterocycles. The maximum absolute atomic E-state index is 5.45. The average Bonchev–Trinajstić information content (AvgIpc) is 2.71. The van der Waals surface area contributed by atoms with Crippen molar-refractivity contribution in [1.82, 2.24) is 10.7 Å². The van der Waals surface area contributed by atoms with E-state index in [-0.39, 0.29) is 6.10 Å². The molecule has 0 aliphatic carbocycles. The second-order valence-electron chi connectivity index (χ2n) is 3.40. The van der Waals surface area contributed by atoms with Crippen molar-refractivity contribution in [3.8, 4) is 0 Å². The fraction of sp³-hybridized carbons (Fsp3) is 0.889. The second-order valence-corrected chi connectivity index (χ2v) is 3.40. The summed E-state index contributed by atoms with van der Waals surface area (Å²) >= 11 is 0. The lowest BCUT2D eigenvalue weighted by Gasteiger charge is -2.10. The van der Waals surface area contributed by atoms with E-state index in [0.29, 0.717) is 12.5 Å². The van der Waals surface area contributed by atoms with Crippen molar-refractivity contribution in [3.63, 3.8) is 0 Å². The summed E-state index contributed by atoms with van der Waals surface area (Å²) in [5.41, 5.74) is 2.54. The zero-order valence-electron chi connectivity index (χ0n) is 8.75. The predicted molar refractivity (Wildman–Crippen MR) is 56.9 cm³/mol. The maximum Gasteiger partial charge on any atom is 0.205 e. The Morgan fingerprint density at radius 3 is 3.07 bits per heavy atom. The van der Waals surface area contributed by atoms with Gasteiger partial charge in [-0.1, -0.05) is 6.92 Å². The molecule has 4 N–H and O–H groups in total. The molecule has 14 heavy (non-hydrogen) atoms. The number of rotatable bonds is 4. The van der Waals surface area contributed by atoms with Crippen molar-refractivity contribution >= 4 is 5.96 Å². The minimum Gasteiger partial charge on any atom is -0.376 e. The molecule has 1 saturated heterocycles. The third-order valence-electron chi connectivity index (χ3n) is 2.16. The van der Waals surface area contributed by atoms with E-state index in [1.54, 1.807) is 0 Å². The molecule has 0 aromatic heterocycles. The minimum atomic E-state index is 0.279. The molecular formula is C9H20N4O. The smallest absolute Gasteiger partial charge is 0.205 e. The van der Waals surface area contributed by atoms with E-state index in [4.69, 9.17) is 10.6 Å². The first kappa shape index (κ1) is 11.3. The van der Waals surface area contributed by atoms with Gasteiger partial charge >= 0.3 is 0 Å². The molecule has 0 aromatic carbocycles. The highest BCUT2D eigenvalue weighted by atomic mass is 16.5. The molecule has 1 fully saturated rings. The Morgan fingerprint density at radius 1 is 1.64 bits per heavy atom. The molecule has 1 aliphatic heterocycles. The normalized spacial score (nSPS) is 22.4. The van der Waals surface area contributed by atoms with Crippen LogP contribution >= 0.6 is 0 Å². The van der Waals surface area contributed by atoms with Crippen molar-refractivity contribution in [2.24, 2.45) is 10.8 Å². The zero-order valence-corrected chi connectivity index (χ0v) is 8.75. The fourth-order valence-electron chi connectivity index (χ4n) is 1.38. The first-order chi connectivity index (χ1) is 6.86. The largest absolute Gasteiger partial charge is 0.376 e. The van der Waals surface area contributed by atoms with Gasteiger partial charge < -0.3 is 10.1 Å². The molecule has 0 amide bonds. The van der Waals surface area contributed by atoms with Crippen molar-refractivity contribution in [3.05, 3.63) is 0 Å². The average molecular weight is 200 g/mol. The molecule has 0 saturated carbocycles. The Morgan fingerprint density at radius 2 is 2.50 bits per heavy atom. The number of hydrazine groups is 1. The van der Waals surface area contributed by atoms with Gasteiger partial charge in [0.1, 0.15) is 0 Å². The summed E-state index contributed by atoms with van der Waals surface area (Å²) in [5.74, 6) is 5.97. The Labute approximate surface area is 85.1 Å². The number of nitrogens with two attached hydrogens (primary N) is 1. The van der Waals surface area contributed by atoms with Crippen LogP contribution in [-0.2, 0) is 4.74 Å². The Hall–Kier alpha value is -0.810. The van der Waals surface area contributed by atoms with Crippen LogP contribution in [0.3, 0.4) is 0 Å². The number of aliphatic imine (C=N–C) groups is 1. The lowest BCUT2D eigenvalue weighted by Crippen LogP contribution is -2.42. The predicted octanol–water partition coefficient (Wildman–Crippen LogP) is -0.0157. The molecule has 5 nitrogen and oxygen atoms in total. The van der Waals surface area contributed by atoms with E-state index in [0.717, 1.165) is 32.4 Å². The van der Waals surface area contributed by atoms with Gasteiger partial charge in [-0.15, -0.1) is 0 Å². The van der Waals surface area contributed by atoms with Crippen LogP contribution in [0.5, 0.6) is 0 Å². The van der Waals surface area contributed by atoms with Crippen molar-refractivity contribution in [1.29, 1.82) is 0 Å². The minimum absolute atomic E-state index is 0.279. The molecule has 0 aromatic rings. The summed E-state index contributed by atoms with van der Waals surface area (Å²) in [6.07, 6.45) is 3.59. The molecule has 5 heteroatoms. The van der Waals surface area contributed by atoms with Gasteiger partial charge in [-0.2, -0.15) is 0 Å². The van der Waals surface area contributed by atoms with Crippen LogP contribution in [0.15, 0.2) is 4.99 Å². The highest BCUT2D eigenvalue weighted by Crippen LogP contribution is 2.11. The lowest BCUT2D eigenvalue weighted by molar-refractivity contribution is 0.117. The Bertz CT molecular complexity index is 178. The number of guanidine groups is 1. The number of nitrogens with zero attached hydrogens (tertiary/aromatic N) is 1. The molecule has 0 bridgehead atoms. The van der Waals surface area contributed by atoms with Crippen molar-refractivity contribution in [2.45, 2.75) is 32.3 Å². The molecule has 82 valence electrons. The summed E-state index contributed by atoms with van der Waals surface area (Å²) in [4.78, 5) is 4.31. The van der Waals surface area contributed by atoms with E-state index in [1.165, 1.54) is 0 Å². The number of ether oxygens (including phenoxy) is 1. The Kier molecular flexibility index (Phi) is 5.32. The van der Waals surface area contributed by atoms with E-state index in [9.17, 15) is 0 Å². The van der Waals surface area contributed by atoms with E-state index in [2.05, 4.69) is 22.7 Å². The third kappa shape index (κ3) is 3.93. The van der Waals surface area contributed by atoms with Gasteiger partial charge in [-0.05, 0) is 19.3 Å². The van der Waals surface area contributed by atoms with E-state index in [1.807, 2.05) is 0 Å². The summed E-state index contributed by atoms with van der Waals surface area (Å²) in [5, 5.41) is 3.10. The Balaban J connectivity index is 2.23. The van der Waals surface area contributed by atoms with Gasteiger partial charge in [0.25, 0.3) is 0 Å². The summed E-state index contributed by atoms with van der Waals surface area (Å²) < 4.78 is 5.45. The van der Waals surface area contributed by atoms with Crippen molar-refractivity contribution in [2.75, 3.05) is 19.7 Å². The molecule has 0 spiro atoms. The maximum atomic E-state index is 5.45. The number of nitrogens with one attached hydrogen (secondary N) is 2. The van der Waals surface area contributed by atoms with Gasteiger partial charge in [0.2, 0.25) is 5.96 Å². The van der Waals surface area contributed by atoms with Gasteiger partial charge in [-0.25, -0.2) is 10.8 Å². The lowest BCUT2D eigenvalue weighted by atomic mass is 10.2. The first-order valence-electron chi connectivity index (χ1n) is 5.23. The molecule has 1 rings (SSSR count). The van der Waals surface area contributed by atoms with Crippen LogP contribution in [0.1, 0.15) is 26.2 Å². The van der Waals surface area contributed by atoms with E-state index < -0.39 is 0 Å². The zero-order chi connectivity index (χ0) is 10.2. The van der Waals surface area contributed by atoms with Crippen LogP contribution in [-0.4, -0.2) is 31.8 Å². The van der Waals surface area contributed by atoms with Gasteiger partial charge in [0.15, 0.2) is 0 Å². The van der Waals surface area contributed by atoms with Crippen LogP contribution < -0.4 is 16.6 Å². The molecule has 1 atom stereocenters. The number of hydrogen-bond acceptors (Lipinski definition) is 3. The van der Waals surface area contributed by atoms with Crippen LogP contribution in [0.25, 0.3) is 0 Å². The highest BCUT2D eigenvalue weighted by Gasteiger charge is 2.14.